The first-order chi connectivity index (χ1) is 7.91. The summed E-state index contributed by atoms with van der Waals surface area (Å²) in [5.41, 5.74) is 0. The van der Waals surface area contributed by atoms with Crippen LogP contribution in [0.15, 0.2) is 0 Å². The molecule has 1 saturated carbocycles. The number of ketones is 1. The van der Waals surface area contributed by atoms with Crippen LogP contribution in [0.3, 0.4) is 0 Å². The Morgan fingerprint density at radius 1 is 1.24 bits per heavy atom. The first-order valence-electron chi connectivity index (χ1n) is 5.95. The highest BCUT2D eigenvalue weighted by atomic mass is 16.4. The van der Waals surface area contributed by atoms with E-state index in [2.05, 4.69) is 5.32 Å². The third kappa shape index (κ3) is 3.84. The molecule has 96 valence electrons. The van der Waals surface area contributed by atoms with Gasteiger partial charge in [-0.3, -0.25) is 14.4 Å². The lowest BCUT2D eigenvalue weighted by Gasteiger charge is -2.11. The van der Waals surface area contributed by atoms with Crippen LogP contribution >= 0.6 is 0 Å². The van der Waals surface area contributed by atoms with Crippen LogP contribution in [0, 0.1) is 17.8 Å². The van der Waals surface area contributed by atoms with E-state index in [1.807, 2.05) is 0 Å². The van der Waals surface area contributed by atoms with E-state index in [1.54, 1.807) is 13.8 Å². The van der Waals surface area contributed by atoms with Crippen molar-refractivity contribution in [2.24, 2.45) is 17.8 Å². The van der Waals surface area contributed by atoms with E-state index < -0.39 is 11.9 Å². The van der Waals surface area contributed by atoms with Crippen molar-refractivity contribution in [2.45, 2.75) is 33.1 Å². The lowest BCUT2D eigenvalue weighted by atomic mass is 10.0. The largest absolute Gasteiger partial charge is 0.481 e. The summed E-state index contributed by atoms with van der Waals surface area (Å²) in [6.45, 7) is 3.61. The summed E-state index contributed by atoms with van der Waals surface area (Å²) in [6.07, 6.45) is 1.53. The maximum Gasteiger partial charge on any atom is 0.306 e. The number of carboxylic acid groups (broad SMARTS) is 1. The van der Waals surface area contributed by atoms with Gasteiger partial charge in [0.05, 0.1) is 12.5 Å². The van der Waals surface area contributed by atoms with E-state index in [9.17, 15) is 14.4 Å². The average Bonchev–Trinajstić information content (AvgIpc) is 2.74. The maximum absolute atomic E-state index is 11.7. The lowest BCUT2D eigenvalue weighted by Crippen LogP contribution is -2.35. The van der Waals surface area contributed by atoms with Gasteiger partial charge in [-0.05, 0) is 19.3 Å². The van der Waals surface area contributed by atoms with Gasteiger partial charge in [-0.2, -0.15) is 0 Å². The Bertz CT molecular complexity index is 324. The van der Waals surface area contributed by atoms with E-state index in [0.29, 0.717) is 19.3 Å². The molecule has 2 unspecified atom stereocenters. The summed E-state index contributed by atoms with van der Waals surface area (Å²) in [4.78, 5) is 33.7. The van der Waals surface area contributed by atoms with Crippen molar-refractivity contribution in [3.05, 3.63) is 0 Å². The highest BCUT2D eigenvalue weighted by Crippen LogP contribution is 2.30. The second kappa shape index (κ2) is 5.80. The molecule has 0 aromatic heterocycles. The van der Waals surface area contributed by atoms with Crippen LogP contribution in [-0.2, 0) is 14.4 Å². The van der Waals surface area contributed by atoms with Crippen LogP contribution in [0.1, 0.15) is 33.1 Å². The molecule has 0 radical (unpaired) electrons. The smallest absolute Gasteiger partial charge is 0.306 e. The number of Topliss-reactive ketones (excluding diaryl/α,β-unsaturated/α-hetero) is 1. The van der Waals surface area contributed by atoms with Crippen molar-refractivity contribution in [3.8, 4) is 0 Å². The molecule has 1 amide bonds. The van der Waals surface area contributed by atoms with Gasteiger partial charge in [0.2, 0.25) is 5.91 Å². The minimum Gasteiger partial charge on any atom is -0.481 e. The number of aliphatic carboxylic acids is 1. The molecule has 0 heterocycles. The first kappa shape index (κ1) is 13.7. The van der Waals surface area contributed by atoms with Gasteiger partial charge in [-0.25, -0.2) is 0 Å². The van der Waals surface area contributed by atoms with Crippen LogP contribution in [0.5, 0.6) is 0 Å². The Labute approximate surface area is 101 Å². The van der Waals surface area contributed by atoms with Gasteiger partial charge >= 0.3 is 5.97 Å². The third-order valence-electron chi connectivity index (χ3n) is 3.23. The van der Waals surface area contributed by atoms with Crippen LogP contribution < -0.4 is 5.32 Å². The number of hydrogen-bond acceptors (Lipinski definition) is 3. The van der Waals surface area contributed by atoms with Crippen molar-refractivity contribution in [3.63, 3.8) is 0 Å². The normalized spacial score (nSPS) is 23.7. The summed E-state index contributed by atoms with van der Waals surface area (Å²) < 4.78 is 0. The van der Waals surface area contributed by atoms with Gasteiger partial charge in [-0.1, -0.05) is 13.8 Å². The maximum atomic E-state index is 11.7. The second-order valence-electron chi connectivity index (χ2n) is 4.88. The molecular formula is C12H19NO4. The number of nitrogens with one attached hydrogen (secondary N) is 1. The molecule has 2 N–H and O–H groups in total. The minimum atomic E-state index is -0.835. The molecule has 5 heteroatoms. The second-order valence-corrected chi connectivity index (χ2v) is 4.88. The zero-order valence-electron chi connectivity index (χ0n) is 10.2. The zero-order valence-corrected chi connectivity index (χ0v) is 10.2. The number of carbonyl (C=O) groups is 3. The lowest BCUT2D eigenvalue weighted by molar-refractivity contribution is -0.141. The Morgan fingerprint density at radius 3 is 2.29 bits per heavy atom. The van der Waals surface area contributed by atoms with Crippen molar-refractivity contribution in [1.82, 2.24) is 5.32 Å². The Balaban J connectivity index is 2.35. The van der Waals surface area contributed by atoms with Gasteiger partial charge in [0.25, 0.3) is 0 Å². The SMILES string of the molecule is CC(C)C(=O)CNC(=O)C1CCC(C(=O)O)C1. The topological polar surface area (TPSA) is 83.5 Å². The summed E-state index contributed by atoms with van der Waals surface area (Å²) in [5, 5.41) is 11.4. The van der Waals surface area contributed by atoms with Crippen molar-refractivity contribution >= 4 is 17.7 Å². The molecule has 0 bridgehead atoms. The van der Waals surface area contributed by atoms with Gasteiger partial charge in [0, 0.05) is 11.8 Å². The monoisotopic (exact) mass is 241 g/mol. The number of rotatable bonds is 5. The molecule has 5 nitrogen and oxygen atoms in total. The standard InChI is InChI=1S/C12H19NO4/c1-7(2)10(14)6-13-11(15)8-3-4-9(5-8)12(16)17/h7-9H,3-6H2,1-2H3,(H,13,15)(H,16,17). The molecule has 1 aliphatic rings. The molecule has 0 aromatic carbocycles. The molecule has 0 aliphatic heterocycles. The number of amides is 1. The molecular weight excluding hydrogens is 222 g/mol. The van der Waals surface area contributed by atoms with Crippen LogP contribution in [0.25, 0.3) is 0 Å². The average molecular weight is 241 g/mol. The number of carbonyl (C=O) groups excluding carboxylic acids is 2. The van der Waals surface area contributed by atoms with Crippen LogP contribution in [0.4, 0.5) is 0 Å². The third-order valence-corrected chi connectivity index (χ3v) is 3.23. The predicted octanol–water partition coefficient (Wildman–Crippen LogP) is 0.829. The molecule has 0 spiro atoms. The summed E-state index contributed by atoms with van der Waals surface area (Å²) in [7, 11) is 0. The van der Waals surface area contributed by atoms with E-state index in [4.69, 9.17) is 5.11 Å². The summed E-state index contributed by atoms with van der Waals surface area (Å²) in [5.74, 6) is -1.79. The van der Waals surface area contributed by atoms with Crippen molar-refractivity contribution in [2.75, 3.05) is 6.54 Å². The van der Waals surface area contributed by atoms with E-state index in [0.717, 1.165) is 0 Å². The van der Waals surface area contributed by atoms with Gasteiger partial charge in [0.1, 0.15) is 0 Å². The number of carboxylic acids is 1. The quantitative estimate of drug-likeness (QED) is 0.746. The van der Waals surface area contributed by atoms with Crippen LogP contribution in [-0.4, -0.2) is 29.3 Å². The minimum absolute atomic E-state index is 0.00821. The Kier molecular flexibility index (Phi) is 4.66. The number of hydrogen-bond donors (Lipinski definition) is 2. The molecule has 1 rings (SSSR count). The van der Waals surface area contributed by atoms with E-state index in [1.165, 1.54) is 0 Å². The van der Waals surface area contributed by atoms with E-state index in [-0.39, 0.29) is 30.1 Å². The molecule has 1 aliphatic carbocycles. The molecule has 1 fully saturated rings. The van der Waals surface area contributed by atoms with Crippen molar-refractivity contribution < 1.29 is 19.5 Å². The summed E-state index contributed by atoms with van der Waals surface area (Å²) >= 11 is 0. The summed E-state index contributed by atoms with van der Waals surface area (Å²) in [6, 6.07) is 0. The van der Waals surface area contributed by atoms with Crippen molar-refractivity contribution in [1.29, 1.82) is 0 Å². The van der Waals surface area contributed by atoms with Gasteiger partial charge in [-0.15, -0.1) is 0 Å². The molecule has 0 aromatic rings. The van der Waals surface area contributed by atoms with Gasteiger partial charge < -0.3 is 10.4 Å². The molecule has 17 heavy (non-hydrogen) atoms. The fourth-order valence-electron chi connectivity index (χ4n) is 1.97. The van der Waals surface area contributed by atoms with E-state index >= 15 is 0 Å². The fraction of sp³-hybridized carbons (Fsp3) is 0.750. The first-order valence-corrected chi connectivity index (χ1v) is 5.95. The highest BCUT2D eigenvalue weighted by Gasteiger charge is 2.33. The van der Waals surface area contributed by atoms with Crippen LogP contribution in [0.2, 0.25) is 0 Å². The molecule has 2 atom stereocenters. The Hall–Kier alpha value is -1.39. The Morgan fingerprint density at radius 2 is 1.82 bits per heavy atom. The fourth-order valence-corrected chi connectivity index (χ4v) is 1.97. The predicted molar refractivity (Wildman–Crippen MR) is 61.3 cm³/mol. The highest BCUT2D eigenvalue weighted by molar-refractivity contribution is 5.88. The molecule has 0 saturated heterocycles. The van der Waals surface area contributed by atoms with Gasteiger partial charge in [0.15, 0.2) is 5.78 Å². The zero-order chi connectivity index (χ0) is 13.0.